The molecule has 0 aliphatic carbocycles. The van der Waals surface area contributed by atoms with Gasteiger partial charge in [-0.2, -0.15) is 0 Å². The van der Waals surface area contributed by atoms with Crippen molar-refractivity contribution in [3.63, 3.8) is 0 Å². The minimum absolute atomic E-state index is 0.00718. The second-order valence-corrected chi connectivity index (χ2v) is 7.74. The van der Waals surface area contributed by atoms with Crippen molar-refractivity contribution in [3.8, 4) is 17.1 Å². The fourth-order valence-corrected chi connectivity index (χ4v) is 3.74. The van der Waals surface area contributed by atoms with Gasteiger partial charge in [0.1, 0.15) is 17.4 Å². The number of fused-ring (bicyclic) bond motifs is 1. The van der Waals surface area contributed by atoms with Crippen molar-refractivity contribution in [2.45, 2.75) is 25.5 Å². The van der Waals surface area contributed by atoms with E-state index in [4.69, 9.17) is 0 Å². The van der Waals surface area contributed by atoms with Crippen molar-refractivity contribution in [2.24, 2.45) is 5.92 Å². The topological polar surface area (TPSA) is 90.3 Å². The second-order valence-electron chi connectivity index (χ2n) is 7.74. The Labute approximate surface area is 162 Å². The van der Waals surface area contributed by atoms with Crippen molar-refractivity contribution in [3.05, 3.63) is 48.3 Å². The lowest BCUT2D eigenvalue weighted by Crippen LogP contribution is -2.42. The number of nitrogens with one attached hydrogen (secondary N) is 2. The Kier molecular flexibility index (Phi) is 4.64. The predicted octanol–water partition coefficient (Wildman–Crippen LogP) is 2.91. The maximum atomic E-state index is 13.7. The van der Waals surface area contributed by atoms with E-state index in [1.54, 1.807) is 13.8 Å². The number of rotatable bonds is 4. The third kappa shape index (κ3) is 3.50. The van der Waals surface area contributed by atoms with E-state index >= 15 is 0 Å². The van der Waals surface area contributed by atoms with Crippen molar-refractivity contribution < 1.29 is 14.6 Å². The third-order valence-corrected chi connectivity index (χ3v) is 5.25. The van der Waals surface area contributed by atoms with Crippen LogP contribution in [0, 0.1) is 11.7 Å². The van der Waals surface area contributed by atoms with Crippen LogP contribution >= 0.6 is 0 Å². The van der Waals surface area contributed by atoms with Gasteiger partial charge in [0, 0.05) is 30.4 Å². The standard InChI is InChI=1S/C21H23FN4O2/c1-21(2,28)15-10-23-11-17(15)25-19-13-5-3-4-6-16(13)24-20(26-19)14-9-12(22)7-8-18(14)27/h3-9,15,17,23,27-28H,10-11H2,1-2H3,(H,24,25,26)/t15?,17-/m1/s1. The number of aromatic hydroxyl groups is 1. The van der Waals surface area contributed by atoms with Crippen LogP contribution in [-0.4, -0.2) is 44.9 Å². The van der Waals surface area contributed by atoms with E-state index in [2.05, 4.69) is 20.6 Å². The molecule has 1 aliphatic rings. The highest BCUT2D eigenvalue weighted by molar-refractivity contribution is 5.91. The van der Waals surface area contributed by atoms with Crippen molar-refractivity contribution >= 4 is 16.7 Å². The molecule has 4 N–H and O–H groups in total. The molecule has 1 aliphatic heterocycles. The number of hydrogen-bond acceptors (Lipinski definition) is 6. The Morgan fingerprint density at radius 2 is 1.93 bits per heavy atom. The fourth-order valence-electron chi connectivity index (χ4n) is 3.74. The van der Waals surface area contributed by atoms with Gasteiger partial charge in [0.25, 0.3) is 0 Å². The number of hydrogen-bond donors (Lipinski definition) is 4. The fraction of sp³-hybridized carbons (Fsp3) is 0.333. The van der Waals surface area contributed by atoms with Gasteiger partial charge in [-0.3, -0.25) is 0 Å². The molecule has 7 heteroatoms. The van der Waals surface area contributed by atoms with E-state index in [-0.39, 0.29) is 29.1 Å². The summed E-state index contributed by atoms with van der Waals surface area (Å²) in [5.74, 6) is 0.268. The van der Waals surface area contributed by atoms with Crippen LogP contribution in [0.25, 0.3) is 22.3 Å². The van der Waals surface area contributed by atoms with Gasteiger partial charge in [0.2, 0.25) is 0 Å². The molecule has 2 aromatic carbocycles. The molecule has 0 saturated carbocycles. The first-order chi connectivity index (χ1) is 13.3. The summed E-state index contributed by atoms with van der Waals surface area (Å²) in [7, 11) is 0. The lowest BCUT2D eigenvalue weighted by Gasteiger charge is -2.31. The molecule has 1 aromatic heterocycles. The number of nitrogens with zero attached hydrogens (tertiary/aromatic N) is 2. The van der Waals surface area contributed by atoms with Gasteiger partial charge in [-0.25, -0.2) is 14.4 Å². The van der Waals surface area contributed by atoms with Gasteiger partial charge in [-0.15, -0.1) is 0 Å². The summed E-state index contributed by atoms with van der Waals surface area (Å²) in [5.41, 5.74) is 0.0648. The smallest absolute Gasteiger partial charge is 0.165 e. The molecule has 1 fully saturated rings. The minimum atomic E-state index is -0.854. The van der Waals surface area contributed by atoms with E-state index in [0.29, 0.717) is 24.4 Å². The Bertz CT molecular complexity index is 1020. The van der Waals surface area contributed by atoms with E-state index in [1.807, 2.05) is 24.3 Å². The van der Waals surface area contributed by atoms with Crippen molar-refractivity contribution in [1.29, 1.82) is 0 Å². The molecule has 0 spiro atoms. The number of aromatic nitrogens is 2. The molecule has 146 valence electrons. The summed E-state index contributed by atoms with van der Waals surface area (Å²) in [6.45, 7) is 4.98. The predicted molar refractivity (Wildman–Crippen MR) is 107 cm³/mol. The van der Waals surface area contributed by atoms with Crippen LogP contribution in [0.2, 0.25) is 0 Å². The highest BCUT2D eigenvalue weighted by atomic mass is 19.1. The van der Waals surface area contributed by atoms with Crippen LogP contribution in [0.3, 0.4) is 0 Å². The minimum Gasteiger partial charge on any atom is -0.507 e. The van der Waals surface area contributed by atoms with Crippen LogP contribution in [0.15, 0.2) is 42.5 Å². The maximum absolute atomic E-state index is 13.7. The first-order valence-corrected chi connectivity index (χ1v) is 9.28. The summed E-state index contributed by atoms with van der Waals surface area (Å²) in [4.78, 5) is 9.10. The lowest BCUT2D eigenvalue weighted by atomic mass is 9.87. The average molecular weight is 382 g/mol. The zero-order valence-electron chi connectivity index (χ0n) is 15.8. The largest absolute Gasteiger partial charge is 0.507 e. The monoisotopic (exact) mass is 382 g/mol. The van der Waals surface area contributed by atoms with Crippen LogP contribution in [0.4, 0.5) is 10.2 Å². The molecular formula is C21H23FN4O2. The second kappa shape index (κ2) is 7.00. The third-order valence-electron chi connectivity index (χ3n) is 5.25. The first kappa shape index (κ1) is 18.6. The molecule has 0 amide bonds. The highest BCUT2D eigenvalue weighted by Crippen LogP contribution is 2.32. The molecule has 28 heavy (non-hydrogen) atoms. The number of para-hydroxylation sites is 1. The summed E-state index contributed by atoms with van der Waals surface area (Å²) < 4.78 is 13.7. The molecule has 4 rings (SSSR count). The summed E-state index contributed by atoms with van der Waals surface area (Å²) in [6.07, 6.45) is 0. The molecule has 1 unspecified atom stereocenters. The average Bonchev–Trinajstić information content (AvgIpc) is 3.12. The number of halogens is 1. The molecule has 1 saturated heterocycles. The molecular weight excluding hydrogens is 359 g/mol. The summed E-state index contributed by atoms with van der Waals surface area (Å²) >= 11 is 0. The zero-order valence-corrected chi connectivity index (χ0v) is 15.8. The molecule has 0 radical (unpaired) electrons. The SMILES string of the molecule is CC(C)(O)C1CNC[C@H]1Nc1nc(-c2cc(F)ccc2O)nc2ccccc12. The van der Waals surface area contributed by atoms with E-state index in [1.165, 1.54) is 18.2 Å². The van der Waals surface area contributed by atoms with Crippen molar-refractivity contribution in [2.75, 3.05) is 18.4 Å². The lowest BCUT2D eigenvalue weighted by molar-refractivity contribution is 0.0219. The molecule has 3 aromatic rings. The molecule has 2 atom stereocenters. The summed E-state index contributed by atoms with van der Waals surface area (Å²) in [5, 5.41) is 28.2. The van der Waals surface area contributed by atoms with E-state index in [9.17, 15) is 14.6 Å². The maximum Gasteiger partial charge on any atom is 0.165 e. The van der Waals surface area contributed by atoms with Gasteiger partial charge < -0.3 is 20.8 Å². The number of aliphatic hydroxyl groups is 1. The number of phenolic OH excluding ortho intramolecular Hbond substituents is 1. The van der Waals surface area contributed by atoms with Gasteiger partial charge >= 0.3 is 0 Å². The van der Waals surface area contributed by atoms with Gasteiger partial charge in [-0.1, -0.05) is 12.1 Å². The highest BCUT2D eigenvalue weighted by Gasteiger charge is 2.38. The van der Waals surface area contributed by atoms with Crippen LogP contribution in [0.5, 0.6) is 5.75 Å². The number of anilines is 1. The van der Waals surface area contributed by atoms with Gasteiger partial charge in [-0.05, 0) is 44.2 Å². The van der Waals surface area contributed by atoms with Crippen molar-refractivity contribution in [1.82, 2.24) is 15.3 Å². The quantitative estimate of drug-likeness (QED) is 0.555. The van der Waals surface area contributed by atoms with Gasteiger partial charge in [0.15, 0.2) is 5.82 Å². The summed E-state index contributed by atoms with van der Waals surface area (Å²) in [6, 6.07) is 11.2. The first-order valence-electron chi connectivity index (χ1n) is 9.28. The normalized spacial score (nSPS) is 19.9. The Morgan fingerprint density at radius 1 is 1.14 bits per heavy atom. The number of phenols is 1. The molecule has 0 bridgehead atoms. The molecule has 6 nitrogen and oxygen atoms in total. The van der Waals surface area contributed by atoms with E-state index < -0.39 is 11.4 Å². The van der Waals surface area contributed by atoms with E-state index in [0.717, 1.165) is 5.39 Å². The van der Waals surface area contributed by atoms with Crippen LogP contribution < -0.4 is 10.6 Å². The van der Waals surface area contributed by atoms with Crippen LogP contribution in [-0.2, 0) is 0 Å². The number of benzene rings is 2. The Hall–Kier alpha value is -2.77. The Morgan fingerprint density at radius 3 is 2.71 bits per heavy atom. The zero-order chi connectivity index (χ0) is 19.9. The van der Waals surface area contributed by atoms with Gasteiger partial charge in [0.05, 0.1) is 16.7 Å². The molecule has 2 heterocycles. The Balaban J connectivity index is 1.80. The van der Waals surface area contributed by atoms with Crippen LogP contribution in [0.1, 0.15) is 13.8 Å².